The fraction of sp³-hybridized carbons (Fsp3) is 0.579. The Balaban J connectivity index is 0.000000173. The predicted molar refractivity (Wildman–Crippen MR) is 101 cm³/mol. The summed E-state index contributed by atoms with van der Waals surface area (Å²) in [5, 5.41) is 9.33. The summed E-state index contributed by atoms with van der Waals surface area (Å²) < 4.78 is 0. The Morgan fingerprint density at radius 1 is 1.20 bits per heavy atom. The molecule has 25 heavy (non-hydrogen) atoms. The summed E-state index contributed by atoms with van der Waals surface area (Å²) >= 11 is 0. The Hall–Kier alpha value is -2.08. The summed E-state index contributed by atoms with van der Waals surface area (Å²) in [7, 11) is 0. The zero-order valence-corrected chi connectivity index (χ0v) is 15.0. The second kappa shape index (κ2) is 7.87. The van der Waals surface area contributed by atoms with Gasteiger partial charge in [0.25, 0.3) is 5.56 Å². The average molecular weight is 344 g/mol. The summed E-state index contributed by atoms with van der Waals surface area (Å²) in [6, 6.07) is 1.36. The standard InChI is InChI=1S/C11H11N3O2.C8H17N/c12-9-5-2-1-3-6(5)13-7-4-8(15)11(16)14-10(7)9;1-2-9-7-5-3-4-6-8-9/h4,15H,1-3H2,(H2,12,13)(H,14,16);2-8H2,1H3. The van der Waals surface area contributed by atoms with E-state index in [-0.39, 0.29) is 5.75 Å². The van der Waals surface area contributed by atoms with E-state index in [2.05, 4.69) is 21.8 Å². The Labute approximate surface area is 148 Å². The van der Waals surface area contributed by atoms with E-state index in [1.54, 1.807) is 0 Å². The number of pyridine rings is 2. The first-order valence-electron chi connectivity index (χ1n) is 9.35. The van der Waals surface area contributed by atoms with Crippen LogP contribution in [0.1, 0.15) is 50.3 Å². The average Bonchev–Trinajstić information content (AvgIpc) is 2.91. The van der Waals surface area contributed by atoms with Gasteiger partial charge in [0.1, 0.15) is 0 Å². The molecular weight excluding hydrogens is 316 g/mol. The molecule has 6 heteroatoms. The van der Waals surface area contributed by atoms with Gasteiger partial charge in [-0.3, -0.25) is 9.78 Å². The van der Waals surface area contributed by atoms with Gasteiger partial charge >= 0.3 is 0 Å². The molecule has 4 rings (SSSR count). The van der Waals surface area contributed by atoms with Crippen LogP contribution in [0.2, 0.25) is 0 Å². The van der Waals surface area contributed by atoms with Crippen LogP contribution in [-0.4, -0.2) is 39.6 Å². The zero-order valence-electron chi connectivity index (χ0n) is 15.0. The highest BCUT2D eigenvalue weighted by Crippen LogP contribution is 2.30. The van der Waals surface area contributed by atoms with Crippen LogP contribution in [0, 0.1) is 0 Å². The van der Waals surface area contributed by atoms with Crippen molar-refractivity contribution < 1.29 is 5.11 Å². The minimum atomic E-state index is -0.529. The van der Waals surface area contributed by atoms with Crippen LogP contribution in [-0.2, 0) is 12.8 Å². The van der Waals surface area contributed by atoms with Gasteiger partial charge < -0.3 is 20.7 Å². The second-order valence-corrected chi connectivity index (χ2v) is 6.90. The van der Waals surface area contributed by atoms with Gasteiger partial charge in [-0.1, -0.05) is 19.8 Å². The molecule has 0 bridgehead atoms. The normalized spacial score (nSPS) is 17.6. The number of aromatic nitrogens is 2. The quantitative estimate of drug-likeness (QED) is 0.739. The number of aryl methyl sites for hydroxylation is 1. The molecule has 0 radical (unpaired) electrons. The summed E-state index contributed by atoms with van der Waals surface area (Å²) in [6.45, 7) is 6.19. The minimum absolute atomic E-state index is 0.322. The number of hydrogen-bond donors (Lipinski definition) is 3. The van der Waals surface area contributed by atoms with Gasteiger partial charge in [0, 0.05) is 11.8 Å². The van der Waals surface area contributed by atoms with Crippen molar-refractivity contribution in [2.75, 3.05) is 25.4 Å². The Kier molecular flexibility index (Phi) is 5.58. The van der Waals surface area contributed by atoms with Crippen molar-refractivity contribution in [1.82, 2.24) is 14.9 Å². The van der Waals surface area contributed by atoms with Gasteiger partial charge in [0.2, 0.25) is 0 Å². The fourth-order valence-corrected chi connectivity index (χ4v) is 3.69. The number of aromatic amines is 1. The number of nitrogens with one attached hydrogen (secondary N) is 1. The van der Waals surface area contributed by atoms with Crippen LogP contribution in [0.25, 0.3) is 11.0 Å². The van der Waals surface area contributed by atoms with E-state index in [1.165, 1.54) is 51.4 Å². The van der Waals surface area contributed by atoms with E-state index < -0.39 is 5.56 Å². The van der Waals surface area contributed by atoms with Crippen molar-refractivity contribution >= 4 is 16.7 Å². The molecule has 3 heterocycles. The first kappa shape index (κ1) is 17.7. The number of nitrogens with two attached hydrogens (primary N) is 1. The molecular formula is C19H28N4O2. The molecule has 0 unspecified atom stereocenters. The van der Waals surface area contributed by atoms with Crippen molar-refractivity contribution in [1.29, 1.82) is 0 Å². The van der Waals surface area contributed by atoms with Gasteiger partial charge in [-0.25, -0.2) is 0 Å². The maximum atomic E-state index is 11.3. The van der Waals surface area contributed by atoms with Crippen molar-refractivity contribution in [2.24, 2.45) is 0 Å². The lowest BCUT2D eigenvalue weighted by Crippen LogP contribution is -2.23. The van der Waals surface area contributed by atoms with Crippen molar-refractivity contribution in [2.45, 2.75) is 51.9 Å². The van der Waals surface area contributed by atoms with Gasteiger partial charge in [-0.05, 0) is 57.3 Å². The molecule has 1 saturated heterocycles. The third-order valence-electron chi connectivity index (χ3n) is 5.19. The molecule has 4 N–H and O–H groups in total. The van der Waals surface area contributed by atoms with E-state index in [0.717, 1.165) is 30.5 Å². The van der Waals surface area contributed by atoms with E-state index in [1.807, 2.05) is 0 Å². The SMILES string of the molecule is CCN1CCCCCC1.Nc1c2c(nc3cc(O)c(=O)[nH]c13)CCC2. The second-order valence-electron chi connectivity index (χ2n) is 6.90. The van der Waals surface area contributed by atoms with Crippen molar-refractivity contribution in [3.63, 3.8) is 0 Å². The highest BCUT2D eigenvalue weighted by Gasteiger charge is 2.18. The van der Waals surface area contributed by atoms with Crippen LogP contribution in [0.3, 0.4) is 0 Å². The maximum absolute atomic E-state index is 11.3. The third-order valence-corrected chi connectivity index (χ3v) is 5.19. The molecule has 1 aliphatic carbocycles. The van der Waals surface area contributed by atoms with Crippen LogP contribution in [0.15, 0.2) is 10.9 Å². The fourth-order valence-electron chi connectivity index (χ4n) is 3.69. The highest BCUT2D eigenvalue weighted by molar-refractivity contribution is 5.89. The third kappa shape index (κ3) is 3.95. The molecule has 0 atom stereocenters. The van der Waals surface area contributed by atoms with Crippen LogP contribution >= 0.6 is 0 Å². The summed E-state index contributed by atoms with van der Waals surface area (Å²) in [5.74, 6) is -0.322. The lowest BCUT2D eigenvalue weighted by atomic mass is 10.1. The van der Waals surface area contributed by atoms with Crippen LogP contribution < -0.4 is 11.3 Å². The van der Waals surface area contributed by atoms with Gasteiger partial charge in [0.15, 0.2) is 5.75 Å². The molecule has 0 saturated carbocycles. The van der Waals surface area contributed by atoms with Crippen molar-refractivity contribution in [3.05, 3.63) is 27.7 Å². The van der Waals surface area contributed by atoms with E-state index >= 15 is 0 Å². The smallest absolute Gasteiger partial charge is 0.290 e. The molecule has 2 aromatic rings. The Bertz CT molecular complexity index is 792. The molecule has 1 fully saturated rings. The minimum Gasteiger partial charge on any atom is -0.503 e. The molecule has 136 valence electrons. The Morgan fingerprint density at radius 3 is 2.60 bits per heavy atom. The summed E-state index contributed by atoms with van der Waals surface area (Å²) in [4.78, 5) is 20.8. The molecule has 0 spiro atoms. The van der Waals surface area contributed by atoms with E-state index in [9.17, 15) is 9.90 Å². The number of anilines is 1. The van der Waals surface area contributed by atoms with E-state index in [0.29, 0.717) is 16.7 Å². The zero-order chi connectivity index (χ0) is 17.8. The molecule has 0 amide bonds. The monoisotopic (exact) mass is 344 g/mol. The molecule has 0 aromatic carbocycles. The number of hydrogen-bond acceptors (Lipinski definition) is 5. The van der Waals surface area contributed by atoms with Gasteiger partial charge in [-0.15, -0.1) is 0 Å². The Morgan fingerprint density at radius 2 is 1.92 bits per heavy atom. The highest BCUT2D eigenvalue weighted by atomic mass is 16.3. The molecule has 2 aliphatic rings. The summed E-state index contributed by atoms with van der Waals surface area (Å²) in [5.41, 5.74) is 9.16. The topological polar surface area (TPSA) is 95.2 Å². The lowest BCUT2D eigenvalue weighted by Gasteiger charge is -2.15. The number of likely N-dealkylation sites (tertiary alicyclic amines) is 1. The maximum Gasteiger partial charge on any atom is 0.290 e. The summed E-state index contributed by atoms with van der Waals surface area (Å²) in [6.07, 6.45) is 8.62. The number of fused-ring (bicyclic) bond motifs is 2. The van der Waals surface area contributed by atoms with E-state index in [4.69, 9.17) is 5.73 Å². The molecule has 6 nitrogen and oxygen atoms in total. The van der Waals surface area contributed by atoms with Gasteiger partial charge in [-0.2, -0.15) is 0 Å². The largest absolute Gasteiger partial charge is 0.503 e. The lowest BCUT2D eigenvalue weighted by molar-refractivity contribution is 0.301. The molecule has 2 aromatic heterocycles. The predicted octanol–water partition coefficient (Wildman–Crippen LogP) is 2.58. The number of nitrogens with zero attached hydrogens (tertiary/aromatic N) is 2. The van der Waals surface area contributed by atoms with Crippen molar-refractivity contribution in [3.8, 4) is 5.75 Å². The number of H-pyrrole nitrogens is 1. The van der Waals surface area contributed by atoms with Crippen LogP contribution in [0.5, 0.6) is 5.75 Å². The number of aromatic hydroxyl groups is 1. The number of rotatable bonds is 1. The van der Waals surface area contributed by atoms with Crippen LogP contribution in [0.4, 0.5) is 5.69 Å². The molecule has 1 aliphatic heterocycles. The first-order valence-corrected chi connectivity index (χ1v) is 9.35. The number of nitrogen functional groups attached to an aromatic ring is 1. The van der Waals surface area contributed by atoms with Gasteiger partial charge in [0.05, 0.1) is 16.7 Å². The first-order chi connectivity index (χ1) is 12.1.